The molecule has 2 rings (SSSR count). The van der Waals surface area contributed by atoms with E-state index in [4.69, 9.17) is 0 Å². The maximum Gasteiger partial charge on any atom is 0.320 e. The van der Waals surface area contributed by atoms with Gasteiger partial charge in [-0.3, -0.25) is 5.32 Å². The zero-order valence-corrected chi connectivity index (χ0v) is 11.6. The average molecular weight is 265 g/mol. The molecule has 1 aromatic rings. The number of anilines is 1. The number of carbonyl (C=O) groups excluding carboxylic acids is 1. The second kappa shape index (κ2) is 6.09. The fraction of sp³-hybridized carbons (Fsp3) is 0.538. The molecule has 2 amide bonds. The zero-order chi connectivity index (χ0) is 13.0. The number of urea groups is 1. The maximum absolute atomic E-state index is 11.7. The number of carbonyl (C=O) groups is 1. The van der Waals surface area contributed by atoms with Crippen molar-refractivity contribution in [2.24, 2.45) is 0 Å². The van der Waals surface area contributed by atoms with Crippen molar-refractivity contribution in [1.29, 1.82) is 0 Å². The van der Waals surface area contributed by atoms with Gasteiger partial charge in [-0.05, 0) is 50.1 Å². The van der Waals surface area contributed by atoms with E-state index in [-0.39, 0.29) is 6.03 Å². The minimum atomic E-state index is -0.167. The topological polar surface area (TPSA) is 54.0 Å². The van der Waals surface area contributed by atoms with E-state index in [1.807, 2.05) is 37.7 Å². The Bertz CT molecular complexity index is 410. The highest BCUT2D eigenvalue weighted by atomic mass is 32.2. The van der Waals surface area contributed by atoms with E-state index in [9.17, 15) is 4.79 Å². The van der Waals surface area contributed by atoms with Crippen LogP contribution in [0.15, 0.2) is 12.1 Å². The van der Waals surface area contributed by atoms with Crippen molar-refractivity contribution in [3.05, 3.63) is 23.4 Å². The molecule has 1 saturated heterocycles. The molecular weight excluding hydrogens is 246 g/mol. The summed E-state index contributed by atoms with van der Waals surface area (Å²) >= 11 is 1.94. The lowest BCUT2D eigenvalue weighted by molar-refractivity contribution is 0.252. The van der Waals surface area contributed by atoms with Crippen LogP contribution < -0.4 is 10.6 Å². The molecule has 1 atom stereocenters. The molecule has 0 aromatic carbocycles. The number of aryl methyl sites for hydroxylation is 2. The van der Waals surface area contributed by atoms with Crippen LogP contribution in [0.3, 0.4) is 0 Å². The molecule has 98 valence electrons. The summed E-state index contributed by atoms with van der Waals surface area (Å²) in [6.45, 7) is 4.65. The predicted molar refractivity (Wildman–Crippen MR) is 76.2 cm³/mol. The van der Waals surface area contributed by atoms with Crippen LogP contribution in [-0.4, -0.2) is 28.6 Å². The molecule has 0 saturated carbocycles. The first-order valence-corrected chi connectivity index (χ1v) is 7.30. The fourth-order valence-electron chi connectivity index (χ4n) is 2.08. The third kappa shape index (κ3) is 3.91. The minimum Gasteiger partial charge on any atom is -0.337 e. The van der Waals surface area contributed by atoms with Crippen LogP contribution in [0.2, 0.25) is 0 Å². The Morgan fingerprint density at radius 2 is 2.33 bits per heavy atom. The SMILES string of the molecule is Cc1cc(C)nc(NC(=O)NC[C@H]2CCCS2)c1. The molecule has 4 nitrogen and oxygen atoms in total. The molecule has 5 heteroatoms. The van der Waals surface area contributed by atoms with Gasteiger partial charge in [-0.2, -0.15) is 11.8 Å². The molecule has 1 aliphatic heterocycles. The average Bonchev–Trinajstić information content (AvgIpc) is 2.77. The molecule has 0 aliphatic carbocycles. The Hall–Kier alpha value is -1.23. The van der Waals surface area contributed by atoms with Crippen LogP contribution in [0.5, 0.6) is 0 Å². The van der Waals surface area contributed by atoms with E-state index in [1.165, 1.54) is 18.6 Å². The highest BCUT2D eigenvalue weighted by Gasteiger charge is 2.16. The van der Waals surface area contributed by atoms with Gasteiger partial charge in [0, 0.05) is 17.5 Å². The Kier molecular flexibility index (Phi) is 4.47. The van der Waals surface area contributed by atoms with Gasteiger partial charge in [0.15, 0.2) is 0 Å². The highest BCUT2D eigenvalue weighted by molar-refractivity contribution is 8.00. The van der Waals surface area contributed by atoms with Crippen LogP contribution in [0.25, 0.3) is 0 Å². The molecule has 0 spiro atoms. The van der Waals surface area contributed by atoms with Crippen molar-refractivity contribution in [1.82, 2.24) is 10.3 Å². The third-order valence-corrected chi connectivity index (χ3v) is 4.25. The van der Waals surface area contributed by atoms with Crippen LogP contribution in [0.4, 0.5) is 10.6 Å². The van der Waals surface area contributed by atoms with E-state index in [0.717, 1.165) is 17.8 Å². The molecule has 2 heterocycles. The number of amides is 2. The molecule has 0 radical (unpaired) electrons. The lowest BCUT2D eigenvalue weighted by Gasteiger charge is -2.11. The molecule has 0 unspecified atom stereocenters. The second-order valence-electron chi connectivity index (χ2n) is 4.64. The lowest BCUT2D eigenvalue weighted by Crippen LogP contribution is -2.33. The van der Waals surface area contributed by atoms with Crippen molar-refractivity contribution in [2.45, 2.75) is 31.9 Å². The van der Waals surface area contributed by atoms with Crippen molar-refractivity contribution in [2.75, 3.05) is 17.6 Å². The summed E-state index contributed by atoms with van der Waals surface area (Å²) in [6, 6.07) is 3.69. The number of aromatic nitrogens is 1. The monoisotopic (exact) mass is 265 g/mol. The molecule has 0 bridgehead atoms. The Morgan fingerprint density at radius 1 is 1.50 bits per heavy atom. The summed E-state index contributed by atoms with van der Waals surface area (Å²) in [5, 5.41) is 6.25. The van der Waals surface area contributed by atoms with Crippen LogP contribution in [0, 0.1) is 13.8 Å². The first-order chi connectivity index (χ1) is 8.63. The number of hydrogen-bond acceptors (Lipinski definition) is 3. The molecular formula is C13H19N3OS. The van der Waals surface area contributed by atoms with Gasteiger partial charge in [-0.15, -0.1) is 0 Å². The molecule has 1 aromatic heterocycles. The second-order valence-corrected chi connectivity index (χ2v) is 6.05. The predicted octanol–water partition coefficient (Wildman–Crippen LogP) is 2.72. The van der Waals surface area contributed by atoms with Crippen molar-refractivity contribution < 1.29 is 4.79 Å². The maximum atomic E-state index is 11.7. The van der Waals surface area contributed by atoms with Crippen LogP contribution in [0.1, 0.15) is 24.1 Å². The number of hydrogen-bond donors (Lipinski definition) is 2. The van der Waals surface area contributed by atoms with Gasteiger partial charge in [0.1, 0.15) is 5.82 Å². The van der Waals surface area contributed by atoms with E-state index >= 15 is 0 Å². The smallest absolute Gasteiger partial charge is 0.320 e. The number of pyridine rings is 1. The Balaban J connectivity index is 1.82. The summed E-state index contributed by atoms with van der Waals surface area (Å²) < 4.78 is 0. The van der Waals surface area contributed by atoms with Gasteiger partial charge in [-0.1, -0.05) is 0 Å². The summed E-state index contributed by atoms with van der Waals surface area (Å²) in [5.41, 5.74) is 2.01. The fourth-order valence-corrected chi connectivity index (χ4v) is 3.28. The van der Waals surface area contributed by atoms with Crippen LogP contribution >= 0.6 is 11.8 Å². The first kappa shape index (κ1) is 13.2. The van der Waals surface area contributed by atoms with Gasteiger partial charge in [-0.25, -0.2) is 9.78 Å². The van der Waals surface area contributed by atoms with E-state index < -0.39 is 0 Å². The van der Waals surface area contributed by atoms with Crippen LogP contribution in [-0.2, 0) is 0 Å². The van der Waals surface area contributed by atoms with Gasteiger partial charge >= 0.3 is 6.03 Å². The van der Waals surface area contributed by atoms with Gasteiger partial charge in [0.05, 0.1) is 0 Å². The summed E-state index contributed by atoms with van der Waals surface area (Å²) in [5.74, 6) is 1.83. The number of nitrogens with one attached hydrogen (secondary N) is 2. The van der Waals surface area contributed by atoms with Crippen molar-refractivity contribution >= 4 is 23.6 Å². The molecule has 1 aliphatic rings. The summed E-state index contributed by atoms with van der Waals surface area (Å²) in [6.07, 6.45) is 2.46. The summed E-state index contributed by atoms with van der Waals surface area (Å²) in [4.78, 5) is 16.0. The number of thioether (sulfide) groups is 1. The number of rotatable bonds is 3. The third-order valence-electron chi connectivity index (χ3n) is 2.85. The zero-order valence-electron chi connectivity index (χ0n) is 10.8. The Morgan fingerprint density at radius 3 is 3.00 bits per heavy atom. The first-order valence-electron chi connectivity index (χ1n) is 6.25. The van der Waals surface area contributed by atoms with Gasteiger partial charge in [0.25, 0.3) is 0 Å². The molecule has 18 heavy (non-hydrogen) atoms. The lowest BCUT2D eigenvalue weighted by atomic mass is 10.2. The standard InChI is InChI=1S/C13H19N3OS/c1-9-6-10(2)15-12(7-9)16-13(17)14-8-11-4-3-5-18-11/h6-7,11H,3-5,8H2,1-2H3,(H2,14,15,16,17)/t11-/m1/s1. The van der Waals surface area contributed by atoms with Gasteiger partial charge < -0.3 is 5.32 Å². The molecule has 1 fully saturated rings. The highest BCUT2D eigenvalue weighted by Crippen LogP contribution is 2.25. The van der Waals surface area contributed by atoms with Gasteiger partial charge in [0.2, 0.25) is 0 Å². The summed E-state index contributed by atoms with van der Waals surface area (Å²) in [7, 11) is 0. The Labute approximate surface area is 112 Å². The molecule has 2 N–H and O–H groups in total. The van der Waals surface area contributed by atoms with Crippen molar-refractivity contribution in [3.8, 4) is 0 Å². The van der Waals surface area contributed by atoms with E-state index in [1.54, 1.807) is 0 Å². The normalized spacial score (nSPS) is 18.7. The minimum absolute atomic E-state index is 0.167. The van der Waals surface area contributed by atoms with E-state index in [2.05, 4.69) is 15.6 Å². The van der Waals surface area contributed by atoms with Crippen molar-refractivity contribution in [3.63, 3.8) is 0 Å². The quantitative estimate of drug-likeness (QED) is 0.883. The largest absolute Gasteiger partial charge is 0.337 e. The number of nitrogens with zero attached hydrogens (tertiary/aromatic N) is 1. The van der Waals surface area contributed by atoms with E-state index in [0.29, 0.717) is 11.1 Å².